The summed E-state index contributed by atoms with van der Waals surface area (Å²) in [6, 6.07) is 0. The molecule has 0 saturated carbocycles. The van der Waals surface area contributed by atoms with E-state index in [1.165, 1.54) is 5.01 Å². The van der Waals surface area contributed by atoms with E-state index >= 15 is 0 Å². The van der Waals surface area contributed by atoms with Crippen molar-refractivity contribution in [1.29, 1.82) is 0 Å². The second-order valence-corrected chi connectivity index (χ2v) is 1.83. The fraction of sp³-hybridized carbons (Fsp3) is 1.00. The van der Waals surface area contributed by atoms with Gasteiger partial charge in [-0.2, -0.15) is 0 Å². The molecule has 0 amide bonds. The lowest BCUT2D eigenvalue weighted by atomic mass is 10.6. The van der Waals surface area contributed by atoms with Crippen molar-refractivity contribution >= 4 is 11.6 Å². The van der Waals surface area contributed by atoms with Gasteiger partial charge in [0.05, 0.1) is 25.0 Å². The molecular weight excluding hydrogens is 144 g/mol. The van der Waals surface area contributed by atoms with Crippen LogP contribution >= 0.6 is 11.6 Å². The maximum atomic E-state index is 9.79. The predicted octanol–water partition coefficient (Wildman–Crippen LogP) is 0.201. The highest BCUT2D eigenvalue weighted by molar-refractivity contribution is 6.18. The van der Waals surface area contributed by atoms with Gasteiger partial charge >= 0.3 is 0 Å². The molecule has 4 nitrogen and oxygen atoms in total. The molecule has 0 aliphatic rings. The van der Waals surface area contributed by atoms with Crippen LogP contribution in [0, 0.1) is 4.91 Å². The van der Waals surface area contributed by atoms with Crippen LogP contribution in [0.4, 0.5) is 0 Å². The first-order chi connectivity index (χ1) is 4.35. The first-order valence-corrected chi connectivity index (χ1v) is 3.13. The van der Waals surface area contributed by atoms with Crippen molar-refractivity contribution in [3.63, 3.8) is 0 Å². The van der Waals surface area contributed by atoms with E-state index in [4.69, 9.17) is 16.7 Å². The third-order valence-corrected chi connectivity index (χ3v) is 0.985. The van der Waals surface area contributed by atoms with Crippen LogP contribution < -0.4 is 0 Å². The zero-order valence-corrected chi connectivity index (χ0v) is 5.71. The van der Waals surface area contributed by atoms with Gasteiger partial charge in [0.1, 0.15) is 0 Å². The summed E-state index contributed by atoms with van der Waals surface area (Å²) in [5, 5.41) is 12.1. The van der Waals surface area contributed by atoms with Crippen molar-refractivity contribution in [3.05, 3.63) is 4.91 Å². The van der Waals surface area contributed by atoms with Gasteiger partial charge in [-0.25, -0.2) is 0 Å². The molecule has 0 aromatic rings. The van der Waals surface area contributed by atoms with E-state index in [0.717, 1.165) is 0 Å². The highest BCUT2D eigenvalue weighted by atomic mass is 35.5. The molecule has 0 aromatic heterocycles. The zero-order valence-electron chi connectivity index (χ0n) is 4.96. The van der Waals surface area contributed by atoms with Gasteiger partial charge in [0.2, 0.25) is 0 Å². The molecule has 0 bridgehead atoms. The monoisotopic (exact) mass is 152 g/mol. The predicted molar refractivity (Wildman–Crippen MR) is 35.2 cm³/mol. The SMILES string of the molecule is O=NN(CCO)CCCl. The molecule has 0 heterocycles. The van der Waals surface area contributed by atoms with Crippen LogP contribution in [0.15, 0.2) is 5.29 Å². The van der Waals surface area contributed by atoms with Gasteiger partial charge in [-0.3, -0.25) is 5.01 Å². The molecule has 5 heteroatoms. The number of rotatable bonds is 5. The highest BCUT2D eigenvalue weighted by Crippen LogP contribution is 1.88. The number of aliphatic hydroxyl groups is 1. The Morgan fingerprint density at radius 2 is 2.22 bits per heavy atom. The summed E-state index contributed by atoms with van der Waals surface area (Å²) in [6.07, 6.45) is 0. The standard InChI is InChI=1S/C4H9ClN2O2/c5-1-2-7(6-9)3-4-8/h8H,1-4H2. The van der Waals surface area contributed by atoms with E-state index in [-0.39, 0.29) is 13.2 Å². The molecule has 0 saturated heterocycles. The quantitative estimate of drug-likeness (QED) is 0.348. The summed E-state index contributed by atoms with van der Waals surface area (Å²) in [5.74, 6) is 0.353. The van der Waals surface area contributed by atoms with E-state index < -0.39 is 0 Å². The third-order valence-electron chi connectivity index (χ3n) is 0.816. The zero-order chi connectivity index (χ0) is 7.11. The molecule has 0 aliphatic heterocycles. The molecule has 0 aromatic carbocycles. The number of hydrogen-bond donors (Lipinski definition) is 1. The molecule has 1 N–H and O–H groups in total. The summed E-state index contributed by atoms with van der Waals surface area (Å²) in [6.45, 7) is 0.588. The highest BCUT2D eigenvalue weighted by Gasteiger charge is 1.97. The van der Waals surface area contributed by atoms with Crippen LogP contribution in [-0.4, -0.2) is 35.7 Å². The summed E-state index contributed by atoms with van der Waals surface area (Å²) < 4.78 is 0. The lowest BCUT2D eigenvalue weighted by Gasteiger charge is -2.09. The minimum Gasteiger partial charge on any atom is -0.394 e. The topological polar surface area (TPSA) is 52.9 Å². The molecule has 54 valence electrons. The van der Waals surface area contributed by atoms with Gasteiger partial charge in [-0.05, 0) is 0 Å². The van der Waals surface area contributed by atoms with Crippen molar-refractivity contribution in [2.45, 2.75) is 0 Å². The average molecular weight is 153 g/mol. The molecular formula is C4H9ClN2O2. The Bertz CT molecular complexity index is 75.0. The Kier molecular flexibility index (Phi) is 5.56. The molecule has 0 rings (SSSR count). The van der Waals surface area contributed by atoms with Crippen LogP contribution in [0.1, 0.15) is 0 Å². The molecule has 0 aliphatic carbocycles. The number of nitrogens with zero attached hydrogens (tertiary/aromatic N) is 2. The maximum Gasteiger partial charge on any atom is 0.0624 e. The molecule has 0 fully saturated rings. The summed E-state index contributed by atoms with van der Waals surface area (Å²) in [7, 11) is 0. The smallest absolute Gasteiger partial charge is 0.0624 e. The Morgan fingerprint density at radius 3 is 2.56 bits per heavy atom. The van der Waals surface area contributed by atoms with E-state index in [1.54, 1.807) is 0 Å². The number of hydrogen-bond acceptors (Lipinski definition) is 3. The first kappa shape index (κ1) is 8.65. The van der Waals surface area contributed by atoms with Crippen molar-refractivity contribution < 1.29 is 5.11 Å². The van der Waals surface area contributed by atoms with Crippen LogP contribution in [-0.2, 0) is 0 Å². The van der Waals surface area contributed by atoms with E-state index in [0.29, 0.717) is 12.4 Å². The molecule has 0 unspecified atom stereocenters. The Labute approximate surface area is 58.4 Å². The molecule has 0 spiro atoms. The lowest BCUT2D eigenvalue weighted by Crippen LogP contribution is -2.22. The van der Waals surface area contributed by atoms with Crippen LogP contribution in [0.25, 0.3) is 0 Å². The van der Waals surface area contributed by atoms with Gasteiger partial charge in [-0.1, -0.05) is 0 Å². The van der Waals surface area contributed by atoms with Gasteiger partial charge in [-0.15, -0.1) is 16.5 Å². The fourth-order valence-electron chi connectivity index (χ4n) is 0.406. The Balaban J connectivity index is 3.29. The molecule has 0 atom stereocenters. The van der Waals surface area contributed by atoms with E-state index in [1.807, 2.05) is 0 Å². The van der Waals surface area contributed by atoms with Crippen LogP contribution in [0.3, 0.4) is 0 Å². The second kappa shape index (κ2) is 5.78. The normalized spacial score (nSPS) is 9.11. The summed E-state index contributed by atoms with van der Waals surface area (Å²) >= 11 is 5.29. The lowest BCUT2D eigenvalue weighted by molar-refractivity contribution is 0.206. The van der Waals surface area contributed by atoms with Gasteiger partial charge in [0.25, 0.3) is 0 Å². The van der Waals surface area contributed by atoms with E-state index in [9.17, 15) is 4.91 Å². The Hall–Kier alpha value is -0.350. The second-order valence-electron chi connectivity index (χ2n) is 1.45. The van der Waals surface area contributed by atoms with Crippen molar-refractivity contribution in [3.8, 4) is 0 Å². The minimum atomic E-state index is -0.0668. The largest absolute Gasteiger partial charge is 0.394 e. The minimum absolute atomic E-state index is 0.0668. The summed E-state index contributed by atoms with van der Waals surface area (Å²) in [4.78, 5) is 9.79. The van der Waals surface area contributed by atoms with Gasteiger partial charge in [0, 0.05) is 5.88 Å². The summed E-state index contributed by atoms with van der Waals surface area (Å²) in [5.41, 5.74) is 0. The van der Waals surface area contributed by atoms with Crippen LogP contribution in [0.2, 0.25) is 0 Å². The van der Waals surface area contributed by atoms with Crippen molar-refractivity contribution in [1.82, 2.24) is 5.01 Å². The maximum absolute atomic E-state index is 9.79. The number of halogens is 1. The molecule has 9 heavy (non-hydrogen) atoms. The van der Waals surface area contributed by atoms with Crippen LogP contribution in [0.5, 0.6) is 0 Å². The average Bonchev–Trinajstić information content (AvgIpc) is 1.88. The van der Waals surface area contributed by atoms with Crippen molar-refractivity contribution in [2.24, 2.45) is 5.29 Å². The Morgan fingerprint density at radius 1 is 1.56 bits per heavy atom. The third kappa shape index (κ3) is 4.17. The van der Waals surface area contributed by atoms with Gasteiger partial charge in [0.15, 0.2) is 0 Å². The van der Waals surface area contributed by atoms with Gasteiger partial charge < -0.3 is 5.11 Å². The first-order valence-electron chi connectivity index (χ1n) is 2.60. The van der Waals surface area contributed by atoms with E-state index in [2.05, 4.69) is 5.29 Å². The number of alkyl halides is 1. The number of aliphatic hydroxyl groups excluding tert-OH is 1. The molecule has 0 radical (unpaired) electrons. The van der Waals surface area contributed by atoms with Crippen molar-refractivity contribution in [2.75, 3.05) is 25.6 Å². The number of nitroso groups, excluding NO2 is 1. The fourth-order valence-corrected chi connectivity index (χ4v) is 0.602.